The summed E-state index contributed by atoms with van der Waals surface area (Å²) in [4.78, 5) is 2.35. The van der Waals surface area contributed by atoms with Crippen LogP contribution >= 0.6 is 0 Å². The van der Waals surface area contributed by atoms with Crippen molar-refractivity contribution < 1.29 is 13.2 Å². The molecule has 1 aliphatic rings. The normalized spacial score (nSPS) is 15.8. The number of fused-ring (bicyclic) bond motifs is 1. The van der Waals surface area contributed by atoms with Gasteiger partial charge in [-0.3, -0.25) is 0 Å². The molecule has 0 aromatic heterocycles. The quantitative estimate of drug-likeness (QED) is 0.906. The Morgan fingerprint density at radius 3 is 2.55 bits per heavy atom. The zero-order chi connectivity index (χ0) is 15.1. The molecule has 0 saturated carbocycles. The molecule has 5 nitrogen and oxygen atoms in total. The fraction of sp³-hybridized carbons (Fsp3) is 0.571. The number of rotatable bonds is 2. The number of likely N-dealkylation sites (N-methyl/N-ethyl adjacent to an activating group) is 1. The van der Waals surface area contributed by atoms with Crippen LogP contribution in [0.25, 0.3) is 0 Å². The second-order valence-corrected chi connectivity index (χ2v) is 7.86. The highest BCUT2D eigenvalue weighted by Crippen LogP contribution is 2.35. The maximum Gasteiger partial charge on any atom is 0.241 e. The minimum Gasteiger partial charge on any atom is -0.490 e. The van der Waals surface area contributed by atoms with Crippen LogP contribution in [0.15, 0.2) is 17.0 Å². The average molecular weight is 298 g/mol. The van der Waals surface area contributed by atoms with Crippen LogP contribution in [0.1, 0.15) is 26.3 Å². The minimum absolute atomic E-state index is 0.279. The molecule has 0 atom stereocenters. The van der Waals surface area contributed by atoms with Crippen LogP contribution in [0.5, 0.6) is 5.75 Å². The first-order valence-corrected chi connectivity index (χ1v) is 8.11. The van der Waals surface area contributed by atoms with Gasteiger partial charge in [-0.1, -0.05) is 0 Å². The predicted octanol–water partition coefficient (Wildman–Crippen LogP) is 1.90. The summed E-state index contributed by atoms with van der Waals surface area (Å²) in [7, 11) is -1.57. The van der Waals surface area contributed by atoms with Gasteiger partial charge < -0.3 is 9.64 Å². The number of anilines is 1. The Labute approximate surface area is 121 Å². The number of nitrogens with one attached hydrogen (secondary N) is 1. The van der Waals surface area contributed by atoms with Crippen molar-refractivity contribution in [2.45, 2.75) is 38.1 Å². The summed E-state index contributed by atoms with van der Waals surface area (Å²) in [6.45, 7) is 8.64. The molecule has 1 aliphatic heterocycles. The topological polar surface area (TPSA) is 58.6 Å². The number of aryl methyl sites for hydroxylation is 1. The lowest BCUT2D eigenvalue weighted by atomic mass is 10.1. The van der Waals surface area contributed by atoms with Gasteiger partial charge in [0.25, 0.3) is 0 Å². The van der Waals surface area contributed by atoms with Crippen molar-refractivity contribution >= 4 is 15.7 Å². The predicted molar refractivity (Wildman–Crippen MR) is 80.0 cm³/mol. The minimum atomic E-state index is -3.55. The van der Waals surface area contributed by atoms with Gasteiger partial charge in [0.15, 0.2) is 0 Å². The van der Waals surface area contributed by atoms with E-state index in [0.717, 1.165) is 17.8 Å². The summed E-state index contributed by atoms with van der Waals surface area (Å²) in [5.41, 5.74) is 1.14. The molecule has 20 heavy (non-hydrogen) atoms. The van der Waals surface area contributed by atoms with Crippen LogP contribution in [0.3, 0.4) is 0 Å². The Balaban J connectivity index is 2.48. The fourth-order valence-electron chi connectivity index (χ4n) is 2.23. The number of hydrogen-bond donors (Lipinski definition) is 1. The fourth-order valence-corrected chi connectivity index (χ4v) is 3.89. The number of nitrogens with zero attached hydrogens (tertiary/aromatic N) is 1. The molecule has 0 unspecified atom stereocenters. The monoisotopic (exact) mass is 298 g/mol. The molecule has 0 spiro atoms. The van der Waals surface area contributed by atoms with Gasteiger partial charge in [-0.15, -0.1) is 0 Å². The van der Waals surface area contributed by atoms with Crippen molar-refractivity contribution in [3.8, 4) is 5.75 Å². The second kappa shape index (κ2) is 4.93. The van der Waals surface area contributed by atoms with E-state index in [-0.39, 0.29) is 4.90 Å². The molecule has 0 aliphatic carbocycles. The molecule has 2 rings (SSSR count). The Bertz CT molecular complexity index is 618. The van der Waals surface area contributed by atoms with E-state index in [9.17, 15) is 8.42 Å². The molecule has 0 saturated heterocycles. The van der Waals surface area contributed by atoms with E-state index in [4.69, 9.17) is 4.74 Å². The van der Waals surface area contributed by atoms with Crippen LogP contribution in [0.4, 0.5) is 5.69 Å². The summed E-state index contributed by atoms with van der Waals surface area (Å²) in [5.74, 6) is 0.624. The standard InChI is InChI=1S/C14H22N2O3S/c1-10-8-11-12(19-7-6-16(11)5)9-13(10)20(17,18)15-14(2,3)4/h8-9,15H,6-7H2,1-5H3. The van der Waals surface area contributed by atoms with Crippen LogP contribution in [0, 0.1) is 6.92 Å². The van der Waals surface area contributed by atoms with Crippen LogP contribution in [0.2, 0.25) is 0 Å². The molecule has 1 N–H and O–H groups in total. The van der Waals surface area contributed by atoms with Gasteiger partial charge in [0.2, 0.25) is 10.0 Å². The number of sulfonamides is 1. The maximum atomic E-state index is 12.5. The second-order valence-electron chi connectivity index (χ2n) is 6.21. The number of ether oxygens (including phenoxy) is 1. The molecule has 0 bridgehead atoms. The third-order valence-electron chi connectivity index (χ3n) is 3.08. The zero-order valence-corrected chi connectivity index (χ0v) is 13.5. The van der Waals surface area contributed by atoms with Crippen molar-refractivity contribution in [1.29, 1.82) is 0 Å². The summed E-state index contributed by atoms with van der Waals surface area (Å²) < 4.78 is 33.2. The smallest absolute Gasteiger partial charge is 0.241 e. The lowest BCUT2D eigenvalue weighted by Crippen LogP contribution is -2.40. The van der Waals surface area contributed by atoms with Gasteiger partial charge >= 0.3 is 0 Å². The summed E-state index contributed by atoms with van der Waals surface area (Å²) >= 11 is 0. The molecule has 1 aromatic rings. The first-order chi connectivity index (χ1) is 9.10. The summed E-state index contributed by atoms with van der Waals surface area (Å²) in [6, 6.07) is 3.49. The molecule has 112 valence electrons. The molecular weight excluding hydrogens is 276 g/mol. The Hall–Kier alpha value is -1.27. The Kier molecular flexibility index (Phi) is 3.73. The highest BCUT2D eigenvalue weighted by atomic mass is 32.2. The van der Waals surface area contributed by atoms with Crippen molar-refractivity contribution in [3.05, 3.63) is 17.7 Å². The molecule has 0 amide bonds. The number of benzene rings is 1. The molecule has 6 heteroatoms. The van der Waals surface area contributed by atoms with E-state index in [1.807, 2.05) is 33.9 Å². The highest BCUT2D eigenvalue weighted by molar-refractivity contribution is 7.89. The SMILES string of the molecule is Cc1cc2c(cc1S(=O)(=O)NC(C)(C)C)OCCN2C. The van der Waals surface area contributed by atoms with E-state index in [0.29, 0.717) is 12.4 Å². The molecule has 0 radical (unpaired) electrons. The molecule has 1 heterocycles. The highest BCUT2D eigenvalue weighted by Gasteiger charge is 2.26. The van der Waals surface area contributed by atoms with Crippen molar-refractivity contribution in [1.82, 2.24) is 4.72 Å². The van der Waals surface area contributed by atoms with Gasteiger partial charge in [-0.25, -0.2) is 13.1 Å². The molecular formula is C14H22N2O3S. The maximum absolute atomic E-state index is 12.5. The average Bonchev–Trinajstić information content (AvgIpc) is 2.26. The van der Waals surface area contributed by atoms with Gasteiger partial charge in [0.1, 0.15) is 12.4 Å². The van der Waals surface area contributed by atoms with E-state index in [1.54, 1.807) is 13.0 Å². The van der Waals surface area contributed by atoms with Crippen molar-refractivity contribution in [2.24, 2.45) is 0 Å². The summed E-state index contributed by atoms with van der Waals surface area (Å²) in [5, 5.41) is 0. The lowest BCUT2D eigenvalue weighted by molar-refractivity contribution is 0.310. The van der Waals surface area contributed by atoms with Gasteiger partial charge in [-0.05, 0) is 39.3 Å². The van der Waals surface area contributed by atoms with Crippen molar-refractivity contribution in [3.63, 3.8) is 0 Å². The van der Waals surface area contributed by atoms with E-state index >= 15 is 0 Å². The Morgan fingerprint density at radius 2 is 1.95 bits per heavy atom. The molecule has 0 fully saturated rings. The van der Waals surface area contributed by atoms with Gasteiger partial charge in [0, 0.05) is 18.7 Å². The number of hydrogen-bond acceptors (Lipinski definition) is 4. The van der Waals surface area contributed by atoms with Crippen LogP contribution in [-0.2, 0) is 10.0 Å². The van der Waals surface area contributed by atoms with Crippen molar-refractivity contribution in [2.75, 3.05) is 25.1 Å². The zero-order valence-electron chi connectivity index (χ0n) is 12.6. The third-order valence-corrected chi connectivity index (χ3v) is 4.98. The lowest BCUT2D eigenvalue weighted by Gasteiger charge is -2.29. The van der Waals surface area contributed by atoms with Crippen LogP contribution in [-0.4, -0.2) is 34.2 Å². The van der Waals surface area contributed by atoms with E-state index < -0.39 is 15.6 Å². The first kappa shape index (κ1) is 15.1. The van der Waals surface area contributed by atoms with Gasteiger partial charge in [-0.2, -0.15) is 0 Å². The van der Waals surface area contributed by atoms with E-state index in [2.05, 4.69) is 9.62 Å². The van der Waals surface area contributed by atoms with E-state index in [1.165, 1.54) is 0 Å². The molecule has 1 aromatic carbocycles. The van der Waals surface area contributed by atoms with Crippen LogP contribution < -0.4 is 14.4 Å². The summed E-state index contributed by atoms with van der Waals surface area (Å²) in [6.07, 6.45) is 0. The van der Waals surface area contributed by atoms with Gasteiger partial charge in [0.05, 0.1) is 17.1 Å². The Morgan fingerprint density at radius 1 is 1.30 bits per heavy atom. The third kappa shape index (κ3) is 3.07. The first-order valence-electron chi connectivity index (χ1n) is 6.63. The largest absolute Gasteiger partial charge is 0.490 e.